The average Bonchev–Trinajstić information content (AvgIpc) is 3.21. The third kappa shape index (κ3) is 4.66. The van der Waals surface area contributed by atoms with E-state index in [9.17, 15) is 17.2 Å². The third-order valence-corrected chi connectivity index (χ3v) is 8.10. The number of thiazole rings is 1. The Kier molecular flexibility index (Phi) is 6.41. The standard InChI is InChI=1S/C23H19ClF2N4O2S2/c1-23(2,3)22-29-19(20(33-22)17-10-11-27-12-28-17)13-6-4-9-16(18(13)24)30-34(31,32)21-14(25)7-5-8-15(21)26/h4-12,30H,1-3H3. The average molecular weight is 521 g/mol. The van der Waals surface area contributed by atoms with Gasteiger partial charge in [-0.1, -0.05) is 50.6 Å². The van der Waals surface area contributed by atoms with Crippen LogP contribution >= 0.6 is 22.9 Å². The van der Waals surface area contributed by atoms with Gasteiger partial charge in [0.15, 0.2) is 4.90 Å². The van der Waals surface area contributed by atoms with E-state index in [4.69, 9.17) is 16.6 Å². The van der Waals surface area contributed by atoms with E-state index in [0.29, 0.717) is 17.0 Å². The number of aromatic nitrogens is 3. The van der Waals surface area contributed by atoms with Crippen LogP contribution < -0.4 is 4.72 Å². The van der Waals surface area contributed by atoms with Crippen molar-refractivity contribution < 1.29 is 17.2 Å². The number of nitrogens with one attached hydrogen (secondary N) is 1. The number of halogens is 3. The molecule has 0 saturated heterocycles. The molecule has 0 fully saturated rings. The highest BCUT2D eigenvalue weighted by Crippen LogP contribution is 2.43. The minimum absolute atomic E-state index is 0.0314. The molecule has 2 heterocycles. The molecule has 11 heteroatoms. The quantitative estimate of drug-likeness (QED) is 0.334. The molecule has 2 aromatic heterocycles. The molecule has 4 rings (SSSR count). The van der Waals surface area contributed by atoms with Gasteiger partial charge in [0.05, 0.1) is 32.0 Å². The lowest BCUT2D eigenvalue weighted by Gasteiger charge is -2.14. The van der Waals surface area contributed by atoms with E-state index >= 15 is 0 Å². The number of nitrogens with zero attached hydrogens (tertiary/aromatic N) is 3. The SMILES string of the molecule is CC(C)(C)c1nc(-c2cccc(NS(=O)(=O)c3c(F)cccc3F)c2Cl)c(-c2ccncn2)s1. The molecule has 0 spiro atoms. The van der Waals surface area contributed by atoms with Crippen molar-refractivity contribution in [2.24, 2.45) is 0 Å². The van der Waals surface area contributed by atoms with Gasteiger partial charge in [0, 0.05) is 17.2 Å². The Labute approximate surface area is 204 Å². The molecular weight excluding hydrogens is 502 g/mol. The number of anilines is 1. The number of hydrogen-bond donors (Lipinski definition) is 1. The van der Waals surface area contributed by atoms with Crippen molar-refractivity contribution in [2.75, 3.05) is 4.72 Å². The molecule has 0 radical (unpaired) electrons. The highest BCUT2D eigenvalue weighted by atomic mass is 35.5. The Balaban J connectivity index is 1.84. The van der Waals surface area contributed by atoms with Crippen molar-refractivity contribution in [3.8, 4) is 21.8 Å². The van der Waals surface area contributed by atoms with E-state index < -0.39 is 26.6 Å². The molecule has 0 amide bonds. The van der Waals surface area contributed by atoms with Crippen molar-refractivity contribution >= 4 is 38.6 Å². The molecule has 6 nitrogen and oxygen atoms in total. The molecule has 176 valence electrons. The lowest BCUT2D eigenvalue weighted by molar-refractivity contribution is 0.521. The van der Waals surface area contributed by atoms with Gasteiger partial charge in [0.1, 0.15) is 18.0 Å². The van der Waals surface area contributed by atoms with E-state index in [-0.39, 0.29) is 16.1 Å². The van der Waals surface area contributed by atoms with Gasteiger partial charge in [0.2, 0.25) is 0 Å². The predicted octanol–water partition coefficient (Wildman–Crippen LogP) is 6.30. The Morgan fingerprint density at radius 1 is 1.03 bits per heavy atom. The molecule has 0 unspecified atom stereocenters. The van der Waals surface area contributed by atoms with Crippen LogP contribution in [-0.4, -0.2) is 23.4 Å². The first-order chi connectivity index (χ1) is 16.0. The molecule has 0 atom stereocenters. The molecule has 0 bridgehead atoms. The smallest absolute Gasteiger partial charge is 0.267 e. The lowest BCUT2D eigenvalue weighted by atomic mass is 9.98. The minimum atomic E-state index is -4.60. The van der Waals surface area contributed by atoms with Crippen LogP contribution in [0.1, 0.15) is 25.8 Å². The summed E-state index contributed by atoms with van der Waals surface area (Å²) in [4.78, 5) is 12.7. The number of sulfonamides is 1. The van der Waals surface area contributed by atoms with Crippen molar-refractivity contribution in [1.82, 2.24) is 15.0 Å². The Bertz CT molecular complexity index is 1450. The zero-order valence-electron chi connectivity index (χ0n) is 18.3. The molecule has 0 saturated carbocycles. The highest BCUT2D eigenvalue weighted by molar-refractivity contribution is 7.92. The van der Waals surface area contributed by atoms with Crippen LogP contribution in [0.5, 0.6) is 0 Å². The fourth-order valence-corrected chi connectivity index (χ4v) is 5.79. The van der Waals surface area contributed by atoms with E-state index in [1.807, 2.05) is 20.8 Å². The van der Waals surface area contributed by atoms with Crippen LogP contribution in [0, 0.1) is 11.6 Å². The van der Waals surface area contributed by atoms with Crippen LogP contribution in [0.25, 0.3) is 21.8 Å². The number of rotatable bonds is 5. The first-order valence-electron chi connectivity index (χ1n) is 10.0. The van der Waals surface area contributed by atoms with Crippen molar-refractivity contribution in [2.45, 2.75) is 31.1 Å². The summed E-state index contributed by atoms with van der Waals surface area (Å²) in [5.41, 5.74) is 1.28. The van der Waals surface area contributed by atoms with Crippen LogP contribution in [0.3, 0.4) is 0 Å². The second-order valence-corrected chi connectivity index (χ2v) is 11.4. The largest absolute Gasteiger partial charge is 0.278 e. The van der Waals surface area contributed by atoms with E-state index in [1.165, 1.54) is 23.7 Å². The monoisotopic (exact) mass is 520 g/mol. The Morgan fingerprint density at radius 2 is 1.71 bits per heavy atom. The molecule has 34 heavy (non-hydrogen) atoms. The summed E-state index contributed by atoms with van der Waals surface area (Å²) in [7, 11) is -4.60. The first kappa shape index (κ1) is 24.2. The first-order valence-corrected chi connectivity index (χ1v) is 12.7. The van der Waals surface area contributed by atoms with Gasteiger partial charge < -0.3 is 0 Å². The lowest BCUT2D eigenvalue weighted by Crippen LogP contribution is -2.16. The maximum absolute atomic E-state index is 14.1. The normalized spacial score (nSPS) is 12.1. The minimum Gasteiger partial charge on any atom is -0.278 e. The van der Waals surface area contributed by atoms with Gasteiger partial charge in [-0.15, -0.1) is 11.3 Å². The molecule has 0 aliphatic rings. The third-order valence-electron chi connectivity index (χ3n) is 4.77. The van der Waals surface area contributed by atoms with Crippen LogP contribution in [0.4, 0.5) is 14.5 Å². The summed E-state index contributed by atoms with van der Waals surface area (Å²) in [6.45, 7) is 6.07. The molecule has 4 aromatic rings. The predicted molar refractivity (Wildman–Crippen MR) is 129 cm³/mol. The summed E-state index contributed by atoms with van der Waals surface area (Å²) in [5, 5.41) is 0.857. The second-order valence-electron chi connectivity index (χ2n) is 8.36. The van der Waals surface area contributed by atoms with E-state index in [1.54, 1.807) is 24.4 Å². The maximum atomic E-state index is 14.1. The van der Waals surface area contributed by atoms with Gasteiger partial charge in [0.25, 0.3) is 10.0 Å². The second kappa shape index (κ2) is 9.01. The summed E-state index contributed by atoms with van der Waals surface area (Å²) in [6, 6.07) is 9.24. The van der Waals surface area contributed by atoms with Gasteiger partial charge in [-0.3, -0.25) is 4.72 Å². The Morgan fingerprint density at radius 3 is 2.32 bits per heavy atom. The van der Waals surface area contributed by atoms with Gasteiger partial charge in [-0.2, -0.15) is 0 Å². The fourth-order valence-electron chi connectivity index (χ4n) is 3.15. The molecular formula is C23H19ClF2N4O2S2. The molecule has 1 N–H and O–H groups in total. The van der Waals surface area contributed by atoms with Crippen LogP contribution in [0.15, 0.2) is 59.9 Å². The zero-order valence-corrected chi connectivity index (χ0v) is 20.7. The molecule has 2 aromatic carbocycles. The summed E-state index contributed by atoms with van der Waals surface area (Å²) >= 11 is 8.06. The highest BCUT2D eigenvalue weighted by Gasteiger charge is 2.28. The van der Waals surface area contributed by atoms with Crippen molar-refractivity contribution in [3.63, 3.8) is 0 Å². The fraction of sp³-hybridized carbons (Fsp3) is 0.174. The van der Waals surface area contributed by atoms with E-state index in [0.717, 1.165) is 28.1 Å². The summed E-state index contributed by atoms with van der Waals surface area (Å²) in [6.07, 6.45) is 3.03. The molecule has 0 aliphatic carbocycles. The van der Waals surface area contributed by atoms with E-state index in [2.05, 4.69) is 14.7 Å². The van der Waals surface area contributed by atoms with Gasteiger partial charge >= 0.3 is 0 Å². The van der Waals surface area contributed by atoms with Crippen LogP contribution in [-0.2, 0) is 15.4 Å². The molecule has 0 aliphatic heterocycles. The topological polar surface area (TPSA) is 84.8 Å². The Hall–Kier alpha value is -2.95. The summed E-state index contributed by atoms with van der Waals surface area (Å²) in [5.74, 6) is -2.42. The van der Waals surface area contributed by atoms with Crippen molar-refractivity contribution in [1.29, 1.82) is 0 Å². The van der Waals surface area contributed by atoms with Crippen molar-refractivity contribution in [3.05, 3.63) is 76.7 Å². The number of hydrogen-bond acceptors (Lipinski definition) is 6. The maximum Gasteiger partial charge on any atom is 0.267 e. The summed E-state index contributed by atoms with van der Waals surface area (Å²) < 4.78 is 56.0. The van der Waals surface area contributed by atoms with Gasteiger partial charge in [-0.05, 0) is 24.3 Å². The number of benzene rings is 2. The van der Waals surface area contributed by atoms with Gasteiger partial charge in [-0.25, -0.2) is 32.2 Å². The zero-order chi connectivity index (χ0) is 24.7. The van der Waals surface area contributed by atoms with Crippen LogP contribution in [0.2, 0.25) is 5.02 Å².